The molecule has 2 aliphatic rings. The normalized spacial score (nSPS) is 22.3. The van der Waals surface area contributed by atoms with Crippen LogP contribution < -0.4 is 10.2 Å². The minimum Gasteiger partial charge on any atom is -0.411 e. The van der Waals surface area contributed by atoms with Gasteiger partial charge in [0.05, 0.1) is 30.0 Å². The highest BCUT2D eigenvalue weighted by Crippen LogP contribution is 2.50. The third kappa shape index (κ3) is 5.14. The molecule has 1 aliphatic carbocycles. The molecule has 3 atom stereocenters. The second-order valence-electron chi connectivity index (χ2n) is 11.6. The second kappa shape index (κ2) is 9.40. The van der Waals surface area contributed by atoms with Crippen molar-refractivity contribution in [1.82, 2.24) is 4.98 Å². The van der Waals surface area contributed by atoms with Crippen LogP contribution in [0, 0.1) is 23.2 Å². The number of hydrogen-bond acceptors (Lipinski definition) is 5. The first-order valence-corrected chi connectivity index (χ1v) is 15.5. The summed E-state index contributed by atoms with van der Waals surface area (Å²) in [4.78, 5) is 19.6. The van der Waals surface area contributed by atoms with Crippen LogP contribution in [-0.4, -0.2) is 25.3 Å². The van der Waals surface area contributed by atoms with Crippen molar-refractivity contribution in [3.8, 4) is 6.07 Å². The number of amides is 1. The Morgan fingerprint density at radius 3 is 2.57 bits per heavy atom. The summed E-state index contributed by atoms with van der Waals surface area (Å²) in [6.45, 7) is 15.6. The molecule has 1 aliphatic heterocycles. The molecule has 2 heterocycles. The number of carbonyl (C=O) groups is 1. The van der Waals surface area contributed by atoms with E-state index in [1.807, 2.05) is 41.3 Å². The van der Waals surface area contributed by atoms with Gasteiger partial charge in [0.15, 0.2) is 8.32 Å². The van der Waals surface area contributed by atoms with Gasteiger partial charge in [-0.2, -0.15) is 5.26 Å². The zero-order chi connectivity index (χ0) is 25.5. The molecule has 0 spiro atoms. The van der Waals surface area contributed by atoms with Gasteiger partial charge in [-0.1, -0.05) is 33.8 Å². The molecule has 0 bridgehead atoms. The average molecular weight is 491 g/mol. The number of carbonyl (C=O) groups excluding carboxylic acids is 1. The van der Waals surface area contributed by atoms with Crippen LogP contribution >= 0.6 is 0 Å². The number of hydrogen-bond donors (Lipinski definition) is 1. The predicted molar refractivity (Wildman–Crippen MR) is 143 cm³/mol. The Hall–Kier alpha value is -2.69. The molecule has 0 radical (unpaired) electrons. The maximum Gasteiger partial charge on any atom is 0.224 e. The molecule has 1 amide bonds. The molecule has 186 valence electrons. The van der Waals surface area contributed by atoms with Crippen molar-refractivity contribution >= 4 is 25.7 Å². The largest absolute Gasteiger partial charge is 0.411 e. The molecule has 4 rings (SSSR count). The second-order valence-corrected chi connectivity index (χ2v) is 16.5. The molecule has 1 aromatic carbocycles. The number of nitrogens with zero attached hydrogens (tertiary/aromatic N) is 3. The van der Waals surface area contributed by atoms with Crippen LogP contribution in [0.15, 0.2) is 36.4 Å². The molecular formula is C28H38N4O2Si. The van der Waals surface area contributed by atoms with Crippen LogP contribution in [0.5, 0.6) is 0 Å². The molecule has 6 nitrogen and oxygen atoms in total. The summed E-state index contributed by atoms with van der Waals surface area (Å²) < 4.78 is 6.40. The van der Waals surface area contributed by atoms with E-state index in [2.05, 4.69) is 52.2 Å². The fourth-order valence-corrected chi connectivity index (χ4v) is 5.85. The molecule has 1 aromatic heterocycles. The fourth-order valence-electron chi connectivity index (χ4n) is 4.91. The minimum atomic E-state index is -1.88. The number of aromatic nitrogens is 1. The average Bonchev–Trinajstić information content (AvgIpc) is 3.63. The van der Waals surface area contributed by atoms with Gasteiger partial charge in [-0.25, -0.2) is 4.98 Å². The minimum absolute atomic E-state index is 0.0523. The van der Waals surface area contributed by atoms with Crippen molar-refractivity contribution in [3.05, 3.63) is 53.2 Å². The topological polar surface area (TPSA) is 78.2 Å². The Kier molecular flexibility index (Phi) is 6.82. The highest BCUT2D eigenvalue weighted by Gasteiger charge is 2.47. The lowest BCUT2D eigenvalue weighted by molar-refractivity contribution is -0.117. The molecule has 0 unspecified atom stereocenters. The van der Waals surface area contributed by atoms with E-state index in [0.717, 1.165) is 35.6 Å². The summed E-state index contributed by atoms with van der Waals surface area (Å²) in [6, 6.07) is 14.0. The third-order valence-corrected chi connectivity index (χ3v) is 12.5. The lowest BCUT2D eigenvalue weighted by Crippen LogP contribution is -2.51. The summed E-state index contributed by atoms with van der Waals surface area (Å²) in [6.07, 6.45) is 2.30. The highest BCUT2D eigenvalue weighted by molar-refractivity contribution is 6.74. The van der Waals surface area contributed by atoms with E-state index in [1.54, 1.807) is 6.92 Å². The first-order valence-electron chi connectivity index (χ1n) is 12.6. The molecule has 0 saturated heterocycles. The van der Waals surface area contributed by atoms with Crippen molar-refractivity contribution < 1.29 is 9.22 Å². The predicted octanol–water partition coefficient (Wildman–Crippen LogP) is 6.41. The number of benzene rings is 1. The van der Waals surface area contributed by atoms with Gasteiger partial charge in [0.1, 0.15) is 5.82 Å². The van der Waals surface area contributed by atoms with E-state index >= 15 is 0 Å². The Morgan fingerprint density at radius 1 is 1.26 bits per heavy atom. The van der Waals surface area contributed by atoms with Gasteiger partial charge in [0, 0.05) is 24.6 Å². The number of anilines is 2. The maximum atomic E-state index is 12.8. The molecule has 7 heteroatoms. The quantitative estimate of drug-likeness (QED) is 0.473. The fraction of sp³-hybridized carbons (Fsp3) is 0.536. The van der Waals surface area contributed by atoms with Gasteiger partial charge in [-0.3, -0.25) is 4.79 Å². The summed E-state index contributed by atoms with van der Waals surface area (Å²) in [5.74, 6) is 1.53. The van der Waals surface area contributed by atoms with Gasteiger partial charge in [0.25, 0.3) is 0 Å². The van der Waals surface area contributed by atoms with Crippen LogP contribution in [0.1, 0.15) is 70.3 Å². The molecular weight excluding hydrogens is 452 g/mol. The smallest absolute Gasteiger partial charge is 0.224 e. The first kappa shape index (κ1) is 25.4. The van der Waals surface area contributed by atoms with Crippen molar-refractivity contribution in [3.63, 3.8) is 0 Å². The SMILES string of the molecule is CC(=O)N1c2ccc(C#N)cc2[C@H](Nc2cccc(CO[Si](C)(C)C(C)(C)C)n2)[C@@H](C)[C@@H]1C1CC1. The van der Waals surface area contributed by atoms with Crippen LogP contribution in [0.2, 0.25) is 18.1 Å². The van der Waals surface area contributed by atoms with Crippen LogP contribution in [0.25, 0.3) is 0 Å². The summed E-state index contributed by atoms with van der Waals surface area (Å²) in [7, 11) is -1.88. The molecule has 2 aromatic rings. The van der Waals surface area contributed by atoms with Crippen molar-refractivity contribution in [2.75, 3.05) is 10.2 Å². The molecule has 1 N–H and O–H groups in total. The maximum absolute atomic E-state index is 12.8. The molecule has 1 fully saturated rings. The summed E-state index contributed by atoms with van der Waals surface area (Å²) in [5.41, 5.74) is 3.38. The van der Waals surface area contributed by atoms with E-state index < -0.39 is 8.32 Å². The van der Waals surface area contributed by atoms with E-state index in [9.17, 15) is 10.1 Å². The number of pyridine rings is 1. The van der Waals surface area contributed by atoms with Gasteiger partial charge < -0.3 is 14.6 Å². The van der Waals surface area contributed by atoms with Crippen molar-refractivity contribution in [2.24, 2.45) is 11.8 Å². The highest BCUT2D eigenvalue weighted by atomic mass is 28.4. The molecule has 35 heavy (non-hydrogen) atoms. The summed E-state index contributed by atoms with van der Waals surface area (Å²) in [5, 5.41) is 13.4. The van der Waals surface area contributed by atoms with E-state index in [-0.39, 0.29) is 28.9 Å². The van der Waals surface area contributed by atoms with Crippen molar-refractivity contribution in [1.29, 1.82) is 5.26 Å². The van der Waals surface area contributed by atoms with Gasteiger partial charge in [-0.15, -0.1) is 0 Å². The number of fused-ring (bicyclic) bond motifs is 1. The zero-order valence-electron chi connectivity index (χ0n) is 22.1. The number of rotatable bonds is 6. The first-order chi connectivity index (χ1) is 16.4. The number of nitriles is 1. The Balaban J connectivity index is 1.64. The monoisotopic (exact) mass is 490 g/mol. The molecule has 1 saturated carbocycles. The Labute approximate surface area is 210 Å². The van der Waals surface area contributed by atoms with E-state index in [0.29, 0.717) is 18.1 Å². The Bertz CT molecular complexity index is 1150. The zero-order valence-corrected chi connectivity index (χ0v) is 23.1. The van der Waals surface area contributed by atoms with Crippen molar-refractivity contribution in [2.45, 2.75) is 84.3 Å². The van der Waals surface area contributed by atoms with Gasteiger partial charge >= 0.3 is 0 Å². The van der Waals surface area contributed by atoms with E-state index in [4.69, 9.17) is 9.41 Å². The summed E-state index contributed by atoms with van der Waals surface area (Å²) >= 11 is 0. The lowest BCUT2D eigenvalue weighted by atomic mass is 9.79. The third-order valence-electron chi connectivity index (χ3n) is 8.06. The van der Waals surface area contributed by atoms with Gasteiger partial charge in [0.2, 0.25) is 5.91 Å². The Morgan fingerprint density at radius 2 is 1.97 bits per heavy atom. The van der Waals surface area contributed by atoms with E-state index in [1.165, 1.54) is 0 Å². The van der Waals surface area contributed by atoms with Crippen LogP contribution in [0.4, 0.5) is 11.5 Å². The lowest BCUT2D eigenvalue weighted by Gasteiger charge is -2.46. The van der Waals surface area contributed by atoms with Gasteiger partial charge in [-0.05, 0) is 72.8 Å². The van der Waals surface area contributed by atoms with Crippen LogP contribution in [-0.2, 0) is 15.8 Å². The van der Waals surface area contributed by atoms with Crippen LogP contribution in [0.3, 0.4) is 0 Å². The number of nitrogens with one attached hydrogen (secondary N) is 1. The standard InChI is InChI=1S/C28H38N4O2Si/c1-18-26(31-25-10-8-9-22(30-25)17-34-35(6,7)28(3,4)5)23-15-20(16-29)11-14-24(23)32(19(2)33)27(18)21-12-13-21/h8-11,14-15,18,21,26-27H,12-13,17H2,1-7H3,(H,30,31)/t18-,26-,27-/m1/s1.